The molecule has 34 heavy (non-hydrogen) atoms. The number of hydrogen-bond acceptors (Lipinski definition) is 4. The molecule has 2 aliphatic heterocycles. The Balaban J connectivity index is 1.47. The van der Waals surface area contributed by atoms with Crippen LogP contribution in [0.2, 0.25) is 0 Å². The minimum atomic E-state index is -0.846. The summed E-state index contributed by atoms with van der Waals surface area (Å²) in [6.45, 7) is 13.3. The van der Waals surface area contributed by atoms with Crippen molar-refractivity contribution in [3.63, 3.8) is 0 Å². The van der Waals surface area contributed by atoms with Crippen LogP contribution in [0.25, 0.3) is 0 Å². The molecule has 3 unspecified atom stereocenters. The molecule has 1 saturated heterocycles. The number of aryl methyl sites for hydroxylation is 1. The maximum Gasteiger partial charge on any atom is 0.138 e. The van der Waals surface area contributed by atoms with Gasteiger partial charge < -0.3 is 14.6 Å². The van der Waals surface area contributed by atoms with E-state index < -0.39 is 11.2 Å². The van der Waals surface area contributed by atoms with E-state index in [-0.39, 0.29) is 28.3 Å². The summed E-state index contributed by atoms with van der Waals surface area (Å²) < 4.78 is 13.8. The Morgan fingerprint density at radius 2 is 1.91 bits per heavy atom. The summed E-state index contributed by atoms with van der Waals surface area (Å²) >= 11 is 0. The van der Waals surface area contributed by atoms with Gasteiger partial charge in [-0.2, -0.15) is 0 Å². The minimum Gasteiger partial charge on any atom is -0.486 e. The highest BCUT2D eigenvalue weighted by molar-refractivity contribution is 5.61. The van der Waals surface area contributed by atoms with Crippen LogP contribution >= 0.6 is 0 Å². The van der Waals surface area contributed by atoms with Gasteiger partial charge in [-0.1, -0.05) is 32.9 Å². The van der Waals surface area contributed by atoms with Gasteiger partial charge in [0.15, 0.2) is 0 Å². The third-order valence-corrected chi connectivity index (χ3v) is 12.1. The van der Waals surface area contributed by atoms with Crippen LogP contribution in [0, 0.1) is 29.6 Å². The number of rotatable bonds is 4. The van der Waals surface area contributed by atoms with E-state index in [1.54, 1.807) is 0 Å². The van der Waals surface area contributed by atoms with Gasteiger partial charge in [-0.15, -0.1) is 0 Å². The molecule has 0 radical (unpaired) electrons. The van der Waals surface area contributed by atoms with Crippen molar-refractivity contribution in [2.75, 3.05) is 20.2 Å². The number of ether oxygens (including phenoxy) is 2. The average Bonchev–Trinajstić information content (AvgIpc) is 3.53. The Hall–Kier alpha value is -1.10. The van der Waals surface area contributed by atoms with Gasteiger partial charge in [-0.25, -0.2) is 0 Å². The third-order valence-electron chi connectivity index (χ3n) is 12.1. The molecular formula is C30H43NO3. The Morgan fingerprint density at radius 1 is 1.15 bits per heavy atom. The quantitative estimate of drug-likeness (QED) is 0.678. The molecule has 2 heterocycles. The monoisotopic (exact) mass is 465 g/mol. The SMILES string of the molecule is COC12CC[C@@]3(CC1C(C)(O)C(C)(C)C)[C@H]1Cc4ccc(C)c5c4[C@@]3(CCN1CC1CC1)[C@H]2O5. The molecule has 5 fully saturated rings. The van der Waals surface area contributed by atoms with Crippen molar-refractivity contribution in [2.24, 2.45) is 22.7 Å². The molecule has 4 bridgehead atoms. The number of nitrogens with zero attached hydrogens (tertiary/aromatic N) is 1. The Bertz CT molecular complexity index is 1050. The molecule has 1 aromatic carbocycles. The van der Waals surface area contributed by atoms with Gasteiger partial charge in [0.1, 0.15) is 17.5 Å². The van der Waals surface area contributed by atoms with Gasteiger partial charge in [0.2, 0.25) is 0 Å². The van der Waals surface area contributed by atoms with Crippen molar-refractivity contribution in [3.8, 4) is 5.75 Å². The average molecular weight is 466 g/mol. The molecule has 1 aromatic rings. The van der Waals surface area contributed by atoms with E-state index in [0.717, 1.165) is 30.9 Å². The lowest BCUT2D eigenvalue weighted by Gasteiger charge is -2.75. The first-order chi connectivity index (χ1) is 16.0. The van der Waals surface area contributed by atoms with Crippen molar-refractivity contribution in [2.45, 2.75) is 108 Å². The fourth-order valence-electron chi connectivity index (χ4n) is 9.73. The van der Waals surface area contributed by atoms with E-state index in [9.17, 15) is 5.11 Å². The fourth-order valence-corrected chi connectivity index (χ4v) is 9.73. The maximum atomic E-state index is 12.2. The van der Waals surface area contributed by atoms with Gasteiger partial charge in [-0.3, -0.25) is 4.90 Å². The molecule has 186 valence electrons. The maximum absolute atomic E-state index is 12.2. The first-order valence-corrected chi connectivity index (χ1v) is 13.8. The molecule has 0 aromatic heterocycles. The van der Waals surface area contributed by atoms with Crippen molar-refractivity contribution in [1.82, 2.24) is 4.90 Å². The zero-order chi connectivity index (χ0) is 23.9. The van der Waals surface area contributed by atoms with E-state index in [4.69, 9.17) is 9.47 Å². The standard InChI is InChI=1S/C30H43NO3/c1-18-7-10-20-15-22-28-11-12-30(33-6,21(16-28)27(5,32)26(2,3)4)25-29(28,23(20)24(18)34-25)13-14-31(22)17-19-8-9-19/h7,10,19,21-22,25,32H,8-9,11-17H2,1-6H3/t21?,22-,25-,27?,28-,29+,30?/m1/s1. The van der Waals surface area contributed by atoms with Crippen molar-refractivity contribution in [3.05, 3.63) is 28.8 Å². The Morgan fingerprint density at radius 3 is 2.59 bits per heavy atom. The van der Waals surface area contributed by atoms with Gasteiger partial charge in [0.25, 0.3) is 0 Å². The zero-order valence-electron chi connectivity index (χ0n) is 22.0. The Labute approximate surface area is 205 Å². The second-order valence-electron chi connectivity index (χ2n) is 14.1. The molecule has 4 nitrogen and oxygen atoms in total. The van der Waals surface area contributed by atoms with Gasteiger partial charge >= 0.3 is 0 Å². The third kappa shape index (κ3) is 2.29. The fraction of sp³-hybridized carbons (Fsp3) is 0.800. The normalized spacial score (nSPS) is 43.9. The van der Waals surface area contributed by atoms with Crippen LogP contribution in [0.1, 0.15) is 82.9 Å². The van der Waals surface area contributed by atoms with Crippen molar-refractivity contribution < 1.29 is 14.6 Å². The zero-order valence-corrected chi connectivity index (χ0v) is 22.0. The van der Waals surface area contributed by atoms with Crippen LogP contribution in [-0.4, -0.2) is 53.6 Å². The molecule has 7 atom stereocenters. The first-order valence-electron chi connectivity index (χ1n) is 13.8. The Kier molecular flexibility index (Phi) is 4.18. The van der Waals surface area contributed by atoms with Crippen LogP contribution in [0.15, 0.2) is 12.1 Å². The largest absolute Gasteiger partial charge is 0.486 e. The van der Waals surface area contributed by atoms with Gasteiger partial charge in [0, 0.05) is 42.0 Å². The smallest absolute Gasteiger partial charge is 0.138 e. The van der Waals surface area contributed by atoms with Crippen molar-refractivity contribution in [1.29, 1.82) is 0 Å². The topological polar surface area (TPSA) is 41.9 Å². The van der Waals surface area contributed by atoms with Crippen molar-refractivity contribution >= 4 is 0 Å². The van der Waals surface area contributed by atoms with Crippen LogP contribution in [0.3, 0.4) is 0 Å². The number of piperidine rings is 1. The molecular weight excluding hydrogens is 422 g/mol. The van der Waals surface area contributed by atoms with Gasteiger partial charge in [0.05, 0.1) is 5.60 Å². The summed E-state index contributed by atoms with van der Waals surface area (Å²) in [5.41, 5.74) is 2.95. The lowest BCUT2D eigenvalue weighted by atomic mass is 9.33. The van der Waals surface area contributed by atoms with Gasteiger partial charge in [-0.05, 0) is 87.8 Å². The van der Waals surface area contributed by atoms with Crippen LogP contribution < -0.4 is 4.74 Å². The lowest BCUT2D eigenvalue weighted by molar-refractivity contribution is -0.312. The summed E-state index contributed by atoms with van der Waals surface area (Å²) in [5.74, 6) is 2.10. The number of likely N-dealkylation sites (tertiary alicyclic amines) is 1. The minimum absolute atomic E-state index is 0.00736. The summed E-state index contributed by atoms with van der Waals surface area (Å²) in [5, 5.41) is 12.2. The second-order valence-corrected chi connectivity index (χ2v) is 14.1. The molecule has 1 N–H and O–H groups in total. The van der Waals surface area contributed by atoms with Crippen LogP contribution in [0.5, 0.6) is 5.75 Å². The highest BCUT2D eigenvalue weighted by atomic mass is 16.6. The van der Waals surface area contributed by atoms with E-state index in [0.29, 0.717) is 6.04 Å². The van der Waals surface area contributed by atoms with Crippen LogP contribution in [-0.2, 0) is 16.6 Å². The summed E-state index contributed by atoms with van der Waals surface area (Å²) in [6, 6.07) is 5.24. The summed E-state index contributed by atoms with van der Waals surface area (Å²) in [6.07, 6.45) is 8.33. The molecule has 2 spiro atoms. The molecule has 4 heteroatoms. The lowest BCUT2D eigenvalue weighted by Crippen LogP contribution is -2.83. The first kappa shape index (κ1) is 22.1. The predicted octanol–water partition coefficient (Wildman–Crippen LogP) is 5.02. The molecule has 0 amide bonds. The molecule has 8 rings (SSSR count). The predicted molar refractivity (Wildman–Crippen MR) is 133 cm³/mol. The number of fused-ring (bicyclic) bond motifs is 2. The van der Waals surface area contributed by atoms with E-state index in [1.165, 1.54) is 55.5 Å². The molecule has 7 aliphatic rings. The highest BCUT2D eigenvalue weighted by Gasteiger charge is 2.82. The number of methoxy groups -OCH3 is 1. The number of aliphatic hydroxyl groups is 1. The van der Waals surface area contributed by atoms with E-state index >= 15 is 0 Å². The summed E-state index contributed by atoms with van der Waals surface area (Å²) in [7, 11) is 1.89. The number of hydrogen-bond donors (Lipinski definition) is 1. The van der Waals surface area contributed by atoms with Crippen LogP contribution in [0.4, 0.5) is 0 Å². The second kappa shape index (κ2) is 6.42. The summed E-state index contributed by atoms with van der Waals surface area (Å²) in [4.78, 5) is 2.88. The number of benzene rings is 1. The van der Waals surface area contributed by atoms with E-state index in [2.05, 4.69) is 51.7 Å². The van der Waals surface area contributed by atoms with E-state index in [1.807, 2.05) is 7.11 Å². The molecule has 5 aliphatic carbocycles. The highest BCUT2D eigenvalue weighted by Crippen LogP contribution is 2.77. The molecule has 4 saturated carbocycles.